The second-order valence-corrected chi connectivity index (χ2v) is 9.50. The van der Waals surface area contributed by atoms with E-state index in [1.807, 2.05) is 12.4 Å². The van der Waals surface area contributed by atoms with Gasteiger partial charge in [0.2, 0.25) is 0 Å². The number of anilines is 3. The minimum atomic E-state index is 0.244. The Bertz CT molecular complexity index is 961. The average Bonchev–Trinajstić information content (AvgIpc) is 2.65. The SMILES string of the molecule is Cc1cnc2c(c1)[Se]c1cc(C)cnc1N2c1cccc2c1CCCC2. The first kappa shape index (κ1) is 16.0. The topological polar surface area (TPSA) is 29.0 Å². The number of nitrogens with zero attached hydrogens (tertiary/aromatic N) is 3. The summed E-state index contributed by atoms with van der Waals surface area (Å²) in [6.07, 6.45) is 8.86. The van der Waals surface area contributed by atoms with Crippen LogP contribution in [0.2, 0.25) is 0 Å². The van der Waals surface area contributed by atoms with Gasteiger partial charge in [-0.3, -0.25) is 0 Å². The molecule has 4 heteroatoms. The molecule has 3 heterocycles. The molecule has 2 aromatic heterocycles. The quantitative estimate of drug-likeness (QED) is 0.454. The van der Waals surface area contributed by atoms with E-state index in [-0.39, 0.29) is 15.0 Å². The van der Waals surface area contributed by atoms with E-state index in [9.17, 15) is 0 Å². The maximum absolute atomic E-state index is 4.85. The van der Waals surface area contributed by atoms with Crippen molar-refractivity contribution in [3.8, 4) is 0 Å². The van der Waals surface area contributed by atoms with Crippen molar-refractivity contribution in [3.63, 3.8) is 0 Å². The molecule has 0 unspecified atom stereocenters. The zero-order chi connectivity index (χ0) is 17.7. The van der Waals surface area contributed by atoms with Crippen molar-refractivity contribution < 1.29 is 0 Å². The summed E-state index contributed by atoms with van der Waals surface area (Å²) in [5, 5.41) is 0. The molecule has 1 aliphatic heterocycles. The van der Waals surface area contributed by atoms with Gasteiger partial charge in [0.25, 0.3) is 0 Å². The fourth-order valence-corrected chi connectivity index (χ4v) is 6.49. The summed E-state index contributed by atoms with van der Waals surface area (Å²) in [6, 6.07) is 11.3. The number of aromatic nitrogens is 2. The van der Waals surface area contributed by atoms with Crippen LogP contribution in [0.4, 0.5) is 17.3 Å². The number of pyridine rings is 2. The third-order valence-electron chi connectivity index (χ3n) is 5.19. The van der Waals surface area contributed by atoms with Crippen LogP contribution in [0.25, 0.3) is 0 Å². The Morgan fingerprint density at radius 3 is 2.23 bits per heavy atom. The van der Waals surface area contributed by atoms with E-state index >= 15 is 0 Å². The van der Waals surface area contributed by atoms with Gasteiger partial charge in [-0.1, -0.05) is 0 Å². The molecule has 0 radical (unpaired) electrons. The third kappa shape index (κ3) is 2.56. The van der Waals surface area contributed by atoms with Crippen LogP contribution in [0.5, 0.6) is 0 Å². The van der Waals surface area contributed by atoms with Crippen LogP contribution in [0.1, 0.15) is 35.1 Å². The summed E-state index contributed by atoms with van der Waals surface area (Å²) in [4.78, 5) is 12.0. The standard InChI is InChI=1S/C22H21N3Se/c1-14-10-19-21(23-12-14)25(22-20(26-19)11-15(2)13-24-22)18-9-5-7-16-6-3-4-8-17(16)18/h5,7,9-13H,3-4,6,8H2,1-2H3. The van der Waals surface area contributed by atoms with Crippen molar-refractivity contribution in [2.24, 2.45) is 0 Å². The second-order valence-electron chi connectivity index (χ2n) is 7.23. The predicted octanol–water partition coefficient (Wildman–Crippen LogP) is 3.41. The zero-order valence-corrected chi connectivity index (χ0v) is 16.8. The molecule has 5 rings (SSSR count). The predicted molar refractivity (Wildman–Crippen MR) is 108 cm³/mol. The number of hydrogen-bond acceptors (Lipinski definition) is 3. The summed E-state index contributed by atoms with van der Waals surface area (Å²) in [5.74, 6) is 2.14. The van der Waals surface area contributed by atoms with E-state index in [0.717, 1.165) is 18.1 Å². The van der Waals surface area contributed by atoms with Crippen LogP contribution in [0.15, 0.2) is 42.7 Å². The Balaban J connectivity index is 1.77. The molecule has 0 bridgehead atoms. The molecule has 0 saturated carbocycles. The van der Waals surface area contributed by atoms with Gasteiger partial charge in [0.05, 0.1) is 0 Å². The molecule has 3 aromatic rings. The van der Waals surface area contributed by atoms with Crippen molar-refractivity contribution in [1.29, 1.82) is 0 Å². The van der Waals surface area contributed by atoms with Gasteiger partial charge in [-0.05, 0) is 0 Å². The first-order valence-corrected chi connectivity index (χ1v) is 10.9. The van der Waals surface area contributed by atoms with Crippen LogP contribution in [-0.2, 0) is 12.8 Å². The first-order valence-electron chi connectivity index (χ1n) is 9.23. The zero-order valence-electron chi connectivity index (χ0n) is 15.1. The molecule has 26 heavy (non-hydrogen) atoms. The van der Waals surface area contributed by atoms with E-state index in [2.05, 4.69) is 49.1 Å². The van der Waals surface area contributed by atoms with Crippen molar-refractivity contribution in [3.05, 3.63) is 65.0 Å². The molecule has 2 aliphatic rings. The van der Waals surface area contributed by atoms with Gasteiger partial charge in [-0.25, -0.2) is 0 Å². The van der Waals surface area contributed by atoms with Crippen LogP contribution in [0.3, 0.4) is 0 Å². The maximum atomic E-state index is 4.85. The van der Waals surface area contributed by atoms with Crippen molar-refractivity contribution >= 4 is 41.2 Å². The Labute approximate surface area is 160 Å². The van der Waals surface area contributed by atoms with Gasteiger partial charge in [0.15, 0.2) is 0 Å². The van der Waals surface area contributed by atoms with Gasteiger partial charge in [-0.2, -0.15) is 0 Å². The Morgan fingerprint density at radius 1 is 0.885 bits per heavy atom. The Kier molecular flexibility index (Phi) is 3.84. The van der Waals surface area contributed by atoms with Crippen molar-refractivity contribution in [1.82, 2.24) is 9.97 Å². The Hall–Kier alpha value is -2.16. The van der Waals surface area contributed by atoms with E-state index in [0.29, 0.717) is 0 Å². The number of fused-ring (bicyclic) bond motifs is 3. The van der Waals surface area contributed by atoms with E-state index in [1.54, 1.807) is 0 Å². The summed E-state index contributed by atoms with van der Waals surface area (Å²) >= 11 is 0.244. The molecule has 130 valence electrons. The minimum absolute atomic E-state index is 0.244. The summed E-state index contributed by atoms with van der Waals surface area (Å²) < 4.78 is 2.71. The van der Waals surface area contributed by atoms with E-state index < -0.39 is 0 Å². The summed E-state index contributed by atoms with van der Waals surface area (Å²) in [6.45, 7) is 4.25. The molecular weight excluding hydrogens is 385 g/mol. The van der Waals surface area contributed by atoms with Crippen LogP contribution < -0.4 is 13.8 Å². The normalized spacial score (nSPS) is 15.2. The number of rotatable bonds is 1. The van der Waals surface area contributed by atoms with Gasteiger partial charge in [0.1, 0.15) is 0 Å². The van der Waals surface area contributed by atoms with Gasteiger partial charge in [-0.15, -0.1) is 0 Å². The molecule has 1 aliphatic carbocycles. The fraction of sp³-hybridized carbons (Fsp3) is 0.273. The molecule has 0 fully saturated rings. The monoisotopic (exact) mass is 407 g/mol. The molecule has 1 aromatic carbocycles. The van der Waals surface area contributed by atoms with Crippen LogP contribution in [-0.4, -0.2) is 24.9 Å². The molecule has 0 spiro atoms. The van der Waals surface area contributed by atoms with Crippen LogP contribution in [0, 0.1) is 13.8 Å². The molecular formula is C22H21N3Se. The number of benzene rings is 1. The third-order valence-corrected chi connectivity index (χ3v) is 7.38. The molecule has 0 atom stereocenters. The average molecular weight is 406 g/mol. The molecule has 0 amide bonds. The second kappa shape index (κ2) is 6.22. The molecule has 0 N–H and O–H groups in total. The van der Waals surface area contributed by atoms with Gasteiger partial charge in [0, 0.05) is 0 Å². The fourth-order valence-electron chi connectivity index (χ4n) is 3.97. The van der Waals surface area contributed by atoms with Crippen LogP contribution >= 0.6 is 0 Å². The van der Waals surface area contributed by atoms with Crippen molar-refractivity contribution in [2.45, 2.75) is 39.5 Å². The Morgan fingerprint density at radius 2 is 1.54 bits per heavy atom. The number of hydrogen-bond donors (Lipinski definition) is 0. The van der Waals surface area contributed by atoms with Crippen molar-refractivity contribution in [2.75, 3.05) is 4.90 Å². The molecule has 3 nitrogen and oxygen atoms in total. The van der Waals surface area contributed by atoms with Gasteiger partial charge >= 0.3 is 161 Å². The summed E-state index contributed by atoms with van der Waals surface area (Å²) in [5.41, 5.74) is 6.70. The molecule has 0 saturated heterocycles. The first-order chi connectivity index (χ1) is 12.7. The van der Waals surface area contributed by atoms with E-state index in [4.69, 9.17) is 9.97 Å². The number of aryl methyl sites for hydroxylation is 3. The summed E-state index contributed by atoms with van der Waals surface area (Å²) in [7, 11) is 0. The van der Waals surface area contributed by atoms with Gasteiger partial charge < -0.3 is 0 Å². The van der Waals surface area contributed by atoms with E-state index in [1.165, 1.54) is 56.1 Å².